The van der Waals surface area contributed by atoms with Gasteiger partial charge in [-0.05, 0) is 38.0 Å². The fourth-order valence-electron chi connectivity index (χ4n) is 7.05. The molecule has 8 heteroatoms. The van der Waals surface area contributed by atoms with Crippen LogP contribution in [0.5, 0.6) is 0 Å². The monoisotopic (exact) mass is 574 g/mol. The molecule has 0 radical (unpaired) electrons. The Balaban J connectivity index is 1.70. The fraction of sp³-hybridized carbons (Fsp3) is 0.314. The number of fused-ring (bicyclic) bond motifs is 3. The average Bonchev–Trinajstić information content (AvgIpc) is 3.56. The lowest BCUT2D eigenvalue weighted by Crippen LogP contribution is -2.63. The van der Waals surface area contributed by atoms with Crippen molar-refractivity contribution in [1.29, 1.82) is 0 Å². The van der Waals surface area contributed by atoms with Crippen LogP contribution in [0.15, 0.2) is 66.9 Å². The van der Waals surface area contributed by atoms with Crippen LogP contribution >= 0.6 is 0 Å². The molecule has 7 rings (SSSR count). The third-order valence-corrected chi connectivity index (χ3v) is 9.94. The second kappa shape index (κ2) is 9.14. The summed E-state index contributed by atoms with van der Waals surface area (Å²) in [5.41, 5.74) is 3.86. The lowest BCUT2D eigenvalue weighted by atomic mass is 9.66. The molecule has 0 unspecified atom stereocenters. The summed E-state index contributed by atoms with van der Waals surface area (Å²) >= 11 is 0. The molecule has 0 spiro atoms. The molecule has 5 aromatic rings. The van der Waals surface area contributed by atoms with Gasteiger partial charge in [0, 0.05) is 40.0 Å². The standard InChI is InChI=1S/C35H34N4O4/c1-6-11-30(42)39(43)26-17-10-16-25(38-28(40)18-19-29(38)41)32(26)27-20-36-33-31-22(21-12-7-8-15-24(21)37(27)33)13-9-14-23(31)34(2,3)35(36,4)5/h7-10,12-17,20H,6,11,18-19H2,1-5H3/q+2. The number of hydrogen-bond acceptors (Lipinski definition) is 4. The predicted octanol–water partition coefficient (Wildman–Crippen LogP) is 6.62. The molecule has 8 nitrogen and oxygen atoms in total. The lowest BCUT2D eigenvalue weighted by molar-refractivity contribution is -0.744. The van der Waals surface area contributed by atoms with E-state index >= 15 is 0 Å². The van der Waals surface area contributed by atoms with Gasteiger partial charge >= 0.3 is 5.91 Å². The number of aromatic nitrogens is 2. The number of rotatable bonds is 5. The molecule has 0 N–H and O–H groups in total. The van der Waals surface area contributed by atoms with E-state index in [-0.39, 0.29) is 42.2 Å². The molecule has 0 atom stereocenters. The van der Waals surface area contributed by atoms with Crippen molar-refractivity contribution in [3.8, 4) is 11.3 Å². The number of nitroso groups, excluding NO2 is 1. The molecule has 0 saturated carbocycles. The zero-order chi connectivity index (χ0) is 30.4. The normalized spacial score (nSPS) is 17.1. The summed E-state index contributed by atoms with van der Waals surface area (Å²) in [5.74, 6) is -1.22. The third kappa shape index (κ3) is 3.49. The van der Waals surface area contributed by atoms with Crippen LogP contribution in [0.4, 0.5) is 11.4 Å². The second-order valence-electron chi connectivity index (χ2n) is 12.7. The molecule has 0 bridgehead atoms. The summed E-state index contributed by atoms with van der Waals surface area (Å²) in [4.78, 5) is 54.2. The van der Waals surface area contributed by atoms with Crippen LogP contribution in [0.25, 0.3) is 38.6 Å². The van der Waals surface area contributed by atoms with E-state index in [2.05, 4.69) is 60.9 Å². The van der Waals surface area contributed by atoms with E-state index in [1.54, 1.807) is 18.2 Å². The Morgan fingerprint density at radius 1 is 0.907 bits per heavy atom. The Hall–Kier alpha value is -4.72. The van der Waals surface area contributed by atoms with Crippen molar-refractivity contribution in [3.05, 3.63) is 77.3 Å². The number of carbonyl (C=O) groups is 3. The van der Waals surface area contributed by atoms with Gasteiger partial charge in [-0.1, -0.05) is 63.2 Å². The van der Waals surface area contributed by atoms with Crippen molar-refractivity contribution in [2.75, 3.05) is 4.90 Å². The smallest absolute Gasteiger partial charge is 0.274 e. The summed E-state index contributed by atoms with van der Waals surface area (Å²) < 4.78 is 4.84. The van der Waals surface area contributed by atoms with Crippen LogP contribution in [0.3, 0.4) is 0 Å². The molecule has 1 saturated heterocycles. The van der Waals surface area contributed by atoms with Gasteiger partial charge in [-0.3, -0.25) is 9.59 Å². The van der Waals surface area contributed by atoms with E-state index in [0.717, 1.165) is 27.3 Å². The molecule has 4 heterocycles. The highest BCUT2D eigenvalue weighted by molar-refractivity contribution is 6.22. The largest absolute Gasteiger partial charge is 0.440 e. The van der Waals surface area contributed by atoms with Crippen molar-refractivity contribution in [3.63, 3.8) is 0 Å². The zero-order valence-electron chi connectivity index (χ0n) is 25.1. The van der Waals surface area contributed by atoms with E-state index in [1.807, 2.05) is 31.3 Å². The number of imide groups is 1. The van der Waals surface area contributed by atoms with E-state index in [9.17, 15) is 19.3 Å². The van der Waals surface area contributed by atoms with Crippen LogP contribution in [-0.2, 0) is 25.3 Å². The fourth-order valence-corrected chi connectivity index (χ4v) is 7.05. The minimum absolute atomic E-state index is 0.0851. The maximum atomic E-state index is 13.8. The van der Waals surface area contributed by atoms with Gasteiger partial charge in [0.05, 0.1) is 17.5 Å². The molecule has 0 aliphatic carbocycles. The average molecular weight is 575 g/mol. The maximum Gasteiger partial charge on any atom is 0.440 e. The van der Waals surface area contributed by atoms with E-state index in [0.29, 0.717) is 28.1 Å². The Kier molecular flexibility index (Phi) is 5.77. The zero-order valence-corrected chi connectivity index (χ0v) is 25.1. The van der Waals surface area contributed by atoms with Crippen molar-refractivity contribution < 1.29 is 23.7 Å². The Labute approximate surface area is 249 Å². The first-order valence-corrected chi connectivity index (χ1v) is 14.9. The van der Waals surface area contributed by atoms with Crippen molar-refractivity contribution in [1.82, 2.24) is 4.40 Å². The van der Waals surface area contributed by atoms with Crippen molar-refractivity contribution >= 4 is 56.4 Å². The van der Waals surface area contributed by atoms with Crippen LogP contribution in [0.2, 0.25) is 0 Å². The van der Waals surface area contributed by atoms with Gasteiger partial charge in [-0.15, -0.1) is 0 Å². The highest BCUT2D eigenvalue weighted by Gasteiger charge is 2.51. The Bertz CT molecular complexity index is 2070. The molecule has 3 amide bonds. The van der Waals surface area contributed by atoms with E-state index in [1.165, 1.54) is 10.5 Å². The number of para-hydroxylation sites is 1. The summed E-state index contributed by atoms with van der Waals surface area (Å²) in [7, 11) is 0. The van der Waals surface area contributed by atoms with Gasteiger partial charge in [0.15, 0.2) is 5.69 Å². The molecule has 2 aliphatic rings. The van der Waals surface area contributed by atoms with Gasteiger partial charge in [-0.25, -0.2) is 14.3 Å². The molecule has 3 aromatic carbocycles. The first-order chi connectivity index (χ1) is 20.5. The van der Waals surface area contributed by atoms with Crippen LogP contribution in [0.1, 0.15) is 65.9 Å². The maximum absolute atomic E-state index is 13.8. The summed E-state index contributed by atoms with van der Waals surface area (Å²) in [5, 5.41) is 3.29. The molecule has 2 aromatic heterocycles. The molecular weight excluding hydrogens is 540 g/mol. The number of hydrogen-bond donors (Lipinski definition) is 0. The Morgan fingerprint density at radius 2 is 1.58 bits per heavy atom. The van der Waals surface area contributed by atoms with Crippen molar-refractivity contribution in [2.24, 2.45) is 0 Å². The SMILES string of the molecule is CCCC(=O)[N+](=O)c1cccc(N2C(=O)CCC2=O)c1-c1c[n+]2c3c4c(cccc4c4ccccc4n13)C(C)(C)C2(C)C. The summed E-state index contributed by atoms with van der Waals surface area (Å²) in [6.45, 7) is 10.8. The molecule has 216 valence electrons. The van der Waals surface area contributed by atoms with Gasteiger partial charge < -0.3 is 0 Å². The third-order valence-electron chi connectivity index (χ3n) is 9.94. The minimum atomic E-state index is -0.572. The number of benzene rings is 3. The molecular formula is C35H34N4O4+2. The lowest BCUT2D eigenvalue weighted by Gasteiger charge is -2.42. The van der Waals surface area contributed by atoms with Crippen molar-refractivity contribution in [2.45, 2.75) is 71.3 Å². The van der Waals surface area contributed by atoms with Gasteiger partial charge in [0.2, 0.25) is 11.8 Å². The summed E-state index contributed by atoms with van der Waals surface area (Å²) in [6, 6.07) is 19.5. The van der Waals surface area contributed by atoms with E-state index in [4.69, 9.17) is 0 Å². The number of anilines is 1. The van der Waals surface area contributed by atoms with E-state index < -0.39 is 11.4 Å². The van der Waals surface area contributed by atoms with Crippen LogP contribution in [-0.4, -0.2) is 26.9 Å². The number of carbonyl (C=O) groups excluding carboxylic acids is 3. The molecule has 1 fully saturated rings. The molecule has 2 aliphatic heterocycles. The number of pyridine rings is 1. The van der Waals surface area contributed by atoms with Crippen LogP contribution < -0.4 is 9.47 Å². The first-order valence-electron chi connectivity index (χ1n) is 14.9. The predicted molar refractivity (Wildman–Crippen MR) is 165 cm³/mol. The van der Waals surface area contributed by atoms with Crippen LogP contribution in [0, 0.1) is 4.91 Å². The number of nitrogens with zero attached hydrogens (tertiary/aromatic N) is 4. The topological polar surface area (TPSA) is 82.8 Å². The van der Waals surface area contributed by atoms with Gasteiger partial charge in [0.25, 0.3) is 11.3 Å². The second-order valence-corrected chi connectivity index (χ2v) is 12.7. The molecule has 43 heavy (non-hydrogen) atoms. The highest BCUT2D eigenvalue weighted by atomic mass is 16.3. The first kappa shape index (κ1) is 27.1. The quantitative estimate of drug-likeness (QED) is 0.134. The Morgan fingerprint density at radius 3 is 2.30 bits per heavy atom. The number of amides is 3. The van der Waals surface area contributed by atoms with Gasteiger partial charge in [0.1, 0.15) is 27.6 Å². The highest BCUT2D eigenvalue weighted by Crippen LogP contribution is 2.49. The number of imidazole rings is 1. The minimum Gasteiger partial charge on any atom is -0.274 e. The summed E-state index contributed by atoms with van der Waals surface area (Å²) in [6.07, 6.45) is 2.84. The van der Waals surface area contributed by atoms with Gasteiger partial charge in [-0.2, -0.15) is 4.40 Å².